The first-order valence-electron chi connectivity index (χ1n) is 6.87. The topological polar surface area (TPSA) is 46.2 Å². The van der Waals surface area contributed by atoms with Crippen LogP contribution in [0.15, 0.2) is 64.0 Å². The van der Waals surface area contributed by atoms with Gasteiger partial charge in [0.05, 0.1) is 4.90 Å². The molecule has 5 heteroatoms. The lowest BCUT2D eigenvalue weighted by atomic mass is 10.1. The molecule has 0 unspecified atom stereocenters. The van der Waals surface area contributed by atoms with Gasteiger partial charge >= 0.3 is 0 Å². The second-order valence-electron chi connectivity index (χ2n) is 4.80. The highest BCUT2D eigenvalue weighted by Gasteiger charge is 2.12. The zero-order valence-electron chi connectivity index (χ0n) is 11.6. The molecule has 2 aromatic rings. The van der Waals surface area contributed by atoms with Gasteiger partial charge in [0, 0.05) is 11.0 Å². The molecule has 0 saturated carbocycles. The zero-order chi connectivity index (χ0) is 15.1. The van der Waals surface area contributed by atoms with Crippen molar-refractivity contribution < 1.29 is 8.42 Å². The molecule has 0 spiro atoms. The van der Waals surface area contributed by atoms with Crippen LogP contribution in [0.2, 0.25) is 0 Å². The predicted octanol–water partition coefficient (Wildman–Crippen LogP) is 3.75. The Morgan fingerprint density at radius 1 is 0.952 bits per heavy atom. The van der Waals surface area contributed by atoms with E-state index in [1.807, 2.05) is 18.2 Å². The second-order valence-corrected chi connectivity index (χ2v) is 7.48. The highest BCUT2D eigenvalue weighted by atomic mass is 79.9. The molecule has 0 radical (unpaired) electrons. The number of nitrogens with one attached hydrogen (secondary N) is 1. The van der Waals surface area contributed by atoms with E-state index >= 15 is 0 Å². The van der Waals surface area contributed by atoms with E-state index in [1.54, 1.807) is 24.3 Å². The van der Waals surface area contributed by atoms with Crippen molar-refractivity contribution in [3.63, 3.8) is 0 Å². The van der Waals surface area contributed by atoms with Crippen LogP contribution >= 0.6 is 15.9 Å². The average molecular weight is 368 g/mol. The number of sulfonamides is 1. The monoisotopic (exact) mass is 367 g/mol. The van der Waals surface area contributed by atoms with Crippen LogP contribution in [0.25, 0.3) is 0 Å². The van der Waals surface area contributed by atoms with Crippen molar-refractivity contribution in [1.82, 2.24) is 4.72 Å². The largest absolute Gasteiger partial charge is 0.240 e. The minimum absolute atomic E-state index is 0.292. The first kappa shape index (κ1) is 16.2. The van der Waals surface area contributed by atoms with Gasteiger partial charge in [-0.25, -0.2) is 13.1 Å². The molecule has 1 N–H and O–H groups in total. The van der Waals surface area contributed by atoms with Gasteiger partial charge in [-0.05, 0) is 43.0 Å². The molecule has 0 bridgehead atoms. The minimum atomic E-state index is -3.41. The van der Waals surface area contributed by atoms with Crippen LogP contribution < -0.4 is 4.72 Å². The molecular weight excluding hydrogens is 350 g/mol. The summed E-state index contributed by atoms with van der Waals surface area (Å²) in [7, 11) is -3.41. The fourth-order valence-corrected chi connectivity index (χ4v) is 3.69. The van der Waals surface area contributed by atoms with Crippen molar-refractivity contribution in [2.24, 2.45) is 0 Å². The van der Waals surface area contributed by atoms with Crippen molar-refractivity contribution >= 4 is 26.0 Å². The van der Waals surface area contributed by atoms with Gasteiger partial charge in [-0.1, -0.05) is 52.3 Å². The number of benzene rings is 2. The Morgan fingerprint density at radius 3 is 2.43 bits per heavy atom. The zero-order valence-corrected chi connectivity index (χ0v) is 14.0. The Kier molecular flexibility index (Phi) is 5.96. The second kappa shape index (κ2) is 7.73. The molecule has 2 rings (SSSR count). The fraction of sp³-hybridized carbons (Fsp3) is 0.250. The average Bonchev–Trinajstić information content (AvgIpc) is 2.48. The van der Waals surface area contributed by atoms with E-state index in [0.717, 1.165) is 23.7 Å². The summed E-state index contributed by atoms with van der Waals surface area (Å²) in [5.41, 5.74) is 1.28. The van der Waals surface area contributed by atoms with Crippen molar-refractivity contribution in [1.29, 1.82) is 0 Å². The van der Waals surface area contributed by atoms with Gasteiger partial charge < -0.3 is 0 Å². The number of hydrogen-bond donors (Lipinski definition) is 1. The first-order valence-corrected chi connectivity index (χ1v) is 9.15. The van der Waals surface area contributed by atoms with Crippen LogP contribution in [0.3, 0.4) is 0 Å². The molecule has 0 aliphatic rings. The normalized spacial score (nSPS) is 11.5. The van der Waals surface area contributed by atoms with E-state index in [1.165, 1.54) is 5.56 Å². The van der Waals surface area contributed by atoms with Gasteiger partial charge in [0.15, 0.2) is 0 Å². The summed E-state index contributed by atoms with van der Waals surface area (Å²) < 4.78 is 27.6. The van der Waals surface area contributed by atoms with Crippen LogP contribution in [0.5, 0.6) is 0 Å². The summed E-state index contributed by atoms with van der Waals surface area (Å²) in [6.07, 6.45) is 2.76. The summed E-state index contributed by atoms with van der Waals surface area (Å²) in [4.78, 5) is 0.292. The Balaban J connectivity index is 1.78. The summed E-state index contributed by atoms with van der Waals surface area (Å²) in [5, 5.41) is 0. The Labute approximate surface area is 134 Å². The maximum absolute atomic E-state index is 12.1. The Morgan fingerprint density at radius 2 is 1.71 bits per heavy atom. The standard InChI is InChI=1S/C16H18BrNO2S/c17-15-10-6-11-16(13-15)21(19,20)18-12-5-4-9-14-7-2-1-3-8-14/h1-3,6-8,10-11,13,18H,4-5,9,12H2. The molecular formula is C16H18BrNO2S. The number of rotatable bonds is 7. The minimum Gasteiger partial charge on any atom is -0.211 e. The van der Waals surface area contributed by atoms with Crippen molar-refractivity contribution in [2.75, 3.05) is 6.54 Å². The van der Waals surface area contributed by atoms with Crippen LogP contribution in [-0.2, 0) is 16.4 Å². The van der Waals surface area contributed by atoms with Gasteiger partial charge in [0.2, 0.25) is 10.0 Å². The molecule has 21 heavy (non-hydrogen) atoms. The van der Waals surface area contributed by atoms with Crippen molar-refractivity contribution in [2.45, 2.75) is 24.2 Å². The lowest BCUT2D eigenvalue weighted by molar-refractivity contribution is 0.576. The quantitative estimate of drug-likeness (QED) is 0.757. The maximum Gasteiger partial charge on any atom is 0.240 e. The lowest BCUT2D eigenvalue weighted by Gasteiger charge is -2.07. The molecule has 0 fully saturated rings. The van der Waals surface area contributed by atoms with Gasteiger partial charge in [-0.2, -0.15) is 0 Å². The van der Waals surface area contributed by atoms with E-state index in [2.05, 4.69) is 32.8 Å². The molecule has 0 heterocycles. The molecule has 0 saturated heterocycles. The SMILES string of the molecule is O=S(=O)(NCCCCc1ccccc1)c1cccc(Br)c1. The van der Waals surface area contributed by atoms with E-state index in [4.69, 9.17) is 0 Å². The Bertz CT molecular complexity index is 672. The molecule has 112 valence electrons. The predicted molar refractivity (Wildman–Crippen MR) is 88.7 cm³/mol. The molecule has 0 aliphatic carbocycles. The summed E-state index contributed by atoms with van der Waals surface area (Å²) in [6.45, 7) is 0.460. The molecule has 0 amide bonds. The smallest absolute Gasteiger partial charge is 0.211 e. The van der Waals surface area contributed by atoms with E-state index in [9.17, 15) is 8.42 Å². The highest BCUT2D eigenvalue weighted by Crippen LogP contribution is 2.15. The van der Waals surface area contributed by atoms with Gasteiger partial charge in [-0.3, -0.25) is 0 Å². The van der Waals surface area contributed by atoms with Crippen LogP contribution in [-0.4, -0.2) is 15.0 Å². The summed E-state index contributed by atoms with van der Waals surface area (Å²) in [6, 6.07) is 16.9. The molecule has 0 aromatic heterocycles. The number of hydrogen-bond acceptors (Lipinski definition) is 2. The molecule has 0 atom stereocenters. The Hall–Kier alpha value is -1.17. The van der Waals surface area contributed by atoms with E-state index in [-0.39, 0.29) is 0 Å². The number of aryl methyl sites for hydroxylation is 1. The third-order valence-electron chi connectivity index (χ3n) is 3.13. The van der Waals surface area contributed by atoms with Crippen LogP contribution in [0, 0.1) is 0 Å². The van der Waals surface area contributed by atoms with E-state index in [0.29, 0.717) is 11.4 Å². The van der Waals surface area contributed by atoms with Gasteiger partial charge in [0.25, 0.3) is 0 Å². The first-order chi connectivity index (χ1) is 10.1. The number of unbranched alkanes of at least 4 members (excludes halogenated alkanes) is 1. The number of halogens is 1. The van der Waals surface area contributed by atoms with Crippen LogP contribution in [0.4, 0.5) is 0 Å². The maximum atomic E-state index is 12.1. The molecule has 0 aliphatic heterocycles. The van der Waals surface area contributed by atoms with Gasteiger partial charge in [-0.15, -0.1) is 0 Å². The highest BCUT2D eigenvalue weighted by molar-refractivity contribution is 9.10. The lowest BCUT2D eigenvalue weighted by Crippen LogP contribution is -2.24. The summed E-state index contributed by atoms with van der Waals surface area (Å²) in [5.74, 6) is 0. The molecule has 2 aromatic carbocycles. The third kappa shape index (κ3) is 5.26. The van der Waals surface area contributed by atoms with E-state index < -0.39 is 10.0 Å². The van der Waals surface area contributed by atoms with Gasteiger partial charge in [0.1, 0.15) is 0 Å². The van der Waals surface area contributed by atoms with Crippen LogP contribution in [0.1, 0.15) is 18.4 Å². The molecule has 3 nitrogen and oxygen atoms in total. The van der Waals surface area contributed by atoms with Crippen molar-refractivity contribution in [3.8, 4) is 0 Å². The van der Waals surface area contributed by atoms with Crippen molar-refractivity contribution in [3.05, 3.63) is 64.6 Å². The fourth-order valence-electron chi connectivity index (χ4n) is 2.02. The third-order valence-corrected chi connectivity index (χ3v) is 5.09. The summed E-state index contributed by atoms with van der Waals surface area (Å²) >= 11 is 3.28.